The molecular formula is C17H13N3O2S2. The average Bonchev–Trinajstić information content (AvgIpc) is 3.19. The van der Waals surface area contributed by atoms with Gasteiger partial charge in [0.05, 0.1) is 27.5 Å². The molecule has 4 aromatic rings. The Hall–Kier alpha value is -2.51. The molecule has 0 N–H and O–H groups in total. The number of benzene rings is 2. The predicted octanol–water partition coefficient (Wildman–Crippen LogP) is 3.60. The second kappa shape index (κ2) is 5.85. The molecular weight excluding hydrogens is 342 g/mol. The van der Waals surface area contributed by atoms with E-state index in [4.69, 9.17) is 4.74 Å². The van der Waals surface area contributed by atoms with Gasteiger partial charge in [0.25, 0.3) is 5.91 Å². The van der Waals surface area contributed by atoms with Crippen LogP contribution in [0.4, 0.5) is 0 Å². The number of para-hydroxylation sites is 1. The molecule has 7 heteroatoms. The Bertz CT molecular complexity index is 1140. The van der Waals surface area contributed by atoms with E-state index in [1.807, 2.05) is 41.9 Å². The Morgan fingerprint density at radius 1 is 1.25 bits per heavy atom. The van der Waals surface area contributed by atoms with E-state index < -0.39 is 0 Å². The molecule has 2 aromatic heterocycles. The number of aromatic nitrogens is 2. The van der Waals surface area contributed by atoms with Crippen LogP contribution >= 0.6 is 22.7 Å². The quantitative estimate of drug-likeness (QED) is 0.552. The van der Waals surface area contributed by atoms with Crippen molar-refractivity contribution in [3.63, 3.8) is 0 Å². The molecule has 5 nitrogen and oxygen atoms in total. The van der Waals surface area contributed by atoms with Crippen molar-refractivity contribution in [1.82, 2.24) is 9.55 Å². The molecule has 0 aliphatic heterocycles. The third-order valence-corrected chi connectivity index (χ3v) is 5.67. The second-order valence-electron chi connectivity index (χ2n) is 5.20. The highest BCUT2D eigenvalue weighted by Gasteiger charge is 2.11. The van der Waals surface area contributed by atoms with E-state index in [0.717, 1.165) is 26.2 Å². The first-order valence-corrected chi connectivity index (χ1v) is 8.92. The first-order chi connectivity index (χ1) is 11.7. The van der Waals surface area contributed by atoms with Crippen molar-refractivity contribution in [3.8, 4) is 5.75 Å². The zero-order valence-corrected chi connectivity index (χ0v) is 14.6. The Morgan fingerprint density at radius 3 is 2.96 bits per heavy atom. The third-order valence-electron chi connectivity index (χ3n) is 3.78. The van der Waals surface area contributed by atoms with E-state index in [0.29, 0.717) is 10.4 Å². The molecule has 24 heavy (non-hydrogen) atoms. The van der Waals surface area contributed by atoms with Crippen LogP contribution in [0, 0.1) is 0 Å². The van der Waals surface area contributed by atoms with Gasteiger partial charge in [0.2, 0.25) is 0 Å². The smallest absolute Gasteiger partial charge is 0.279 e. The zero-order chi connectivity index (χ0) is 16.7. The van der Waals surface area contributed by atoms with Gasteiger partial charge in [0, 0.05) is 12.6 Å². The van der Waals surface area contributed by atoms with Gasteiger partial charge in [-0.25, -0.2) is 4.98 Å². The third kappa shape index (κ3) is 2.42. The monoisotopic (exact) mass is 355 g/mol. The number of carbonyl (C=O) groups excluding carboxylic acids is 1. The van der Waals surface area contributed by atoms with Gasteiger partial charge in [-0.3, -0.25) is 4.79 Å². The Kier molecular flexibility index (Phi) is 3.66. The summed E-state index contributed by atoms with van der Waals surface area (Å²) in [5, 5.41) is 0. The molecule has 0 fully saturated rings. The number of carbonyl (C=O) groups is 1. The molecule has 1 amide bonds. The van der Waals surface area contributed by atoms with Gasteiger partial charge in [-0.1, -0.05) is 17.4 Å². The minimum atomic E-state index is -0.258. The molecule has 0 aliphatic rings. The summed E-state index contributed by atoms with van der Waals surface area (Å²) in [6, 6.07) is 11.3. The first kappa shape index (κ1) is 15.0. The Labute approximate surface area is 145 Å². The van der Waals surface area contributed by atoms with Crippen LogP contribution in [0.2, 0.25) is 0 Å². The summed E-state index contributed by atoms with van der Waals surface area (Å²) in [7, 11) is 3.53. The molecule has 2 aromatic carbocycles. The fourth-order valence-electron chi connectivity index (χ4n) is 2.58. The normalized spacial score (nSPS) is 12.2. The van der Waals surface area contributed by atoms with E-state index in [1.54, 1.807) is 18.7 Å². The number of amides is 1. The number of methoxy groups -OCH3 is 1. The summed E-state index contributed by atoms with van der Waals surface area (Å²) in [6.07, 6.45) is 0. The highest BCUT2D eigenvalue weighted by Crippen LogP contribution is 2.26. The second-order valence-corrected chi connectivity index (χ2v) is 7.10. The number of hydrogen-bond acceptors (Lipinski definition) is 5. The molecule has 2 heterocycles. The summed E-state index contributed by atoms with van der Waals surface area (Å²) >= 11 is 2.98. The topological polar surface area (TPSA) is 56.5 Å². The average molecular weight is 355 g/mol. The van der Waals surface area contributed by atoms with Gasteiger partial charge in [0.1, 0.15) is 11.3 Å². The highest BCUT2D eigenvalue weighted by molar-refractivity contribution is 7.17. The van der Waals surface area contributed by atoms with Crippen molar-refractivity contribution < 1.29 is 9.53 Å². The number of thiazole rings is 2. The summed E-state index contributed by atoms with van der Waals surface area (Å²) in [5.74, 6) is 0.512. The van der Waals surface area contributed by atoms with Crippen LogP contribution in [0.15, 0.2) is 46.9 Å². The van der Waals surface area contributed by atoms with Crippen molar-refractivity contribution in [2.75, 3.05) is 7.11 Å². The summed E-state index contributed by atoms with van der Waals surface area (Å²) in [6.45, 7) is 0. The SMILES string of the molecule is COc1cccc2sc(=NC(=O)c3ccc4ncsc4c3)n(C)c12. The summed E-state index contributed by atoms with van der Waals surface area (Å²) in [4.78, 5) is 21.7. The lowest BCUT2D eigenvalue weighted by molar-refractivity contribution is 0.0998. The Balaban J connectivity index is 1.84. The molecule has 0 bridgehead atoms. The molecule has 0 atom stereocenters. The van der Waals surface area contributed by atoms with Gasteiger partial charge in [-0.15, -0.1) is 11.3 Å². The van der Waals surface area contributed by atoms with E-state index in [9.17, 15) is 4.79 Å². The summed E-state index contributed by atoms with van der Waals surface area (Å²) in [5.41, 5.74) is 4.17. The van der Waals surface area contributed by atoms with E-state index in [1.165, 1.54) is 22.7 Å². The number of fused-ring (bicyclic) bond motifs is 2. The lowest BCUT2D eigenvalue weighted by atomic mass is 10.2. The van der Waals surface area contributed by atoms with Crippen LogP contribution in [0.5, 0.6) is 5.75 Å². The number of hydrogen-bond donors (Lipinski definition) is 0. The van der Waals surface area contributed by atoms with Crippen LogP contribution in [-0.2, 0) is 7.05 Å². The van der Waals surface area contributed by atoms with Gasteiger partial charge < -0.3 is 9.30 Å². The fourth-order valence-corrected chi connectivity index (χ4v) is 4.33. The largest absolute Gasteiger partial charge is 0.495 e. The minimum Gasteiger partial charge on any atom is -0.495 e. The molecule has 120 valence electrons. The molecule has 0 saturated heterocycles. The van der Waals surface area contributed by atoms with Crippen LogP contribution in [0.25, 0.3) is 20.4 Å². The predicted molar refractivity (Wildman–Crippen MR) is 96.9 cm³/mol. The molecule has 4 rings (SSSR count). The van der Waals surface area contributed by atoms with Gasteiger partial charge >= 0.3 is 0 Å². The van der Waals surface area contributed by atoms with Crippen LogP contribution < -0.4 is 9.54 Å². The van der Waals surface area contributed by atoms with Crippen molar-refractivity contribution in [3.05, 3.63) is 52.3 Å². The van der Waals surface area contributed by atoms with Crippen molar-refractivity contribution in [2.45, 2.75) is 0 Å². The summed E-state index contributed by atoms with van der Waals surface area (Å²) < 4.78 is 9.31. The number of aryl methyl sites for hydroxylation is 1. The van der Waals surface area contributed by atoms with Crippen LogP contribution in [0.3, 0.4) is 0 Å². The van der Waals surface area contributed by atoms with E-state index in [2.05, 4.69) is 9.98 Å². The molecule has 0 spiro atoms. The molecule has 0 saturated carbocycles. The Morgan fingerprint density at radius 2 is 2.12 bits per heavy atom. The lowest BCUT2D eigenvalue weighted by Gasteiger charge is -2.03. The maximum Gasteiger partial charge on any atom is 0.279 e. The van der Waals surface area contributed by atoms with Crippen molar-refractivity contribution in [2.24, 2.45) is 12.0 Å². The zero-order valence-electron chi connectivity index (χ0n) is 13.0. The highest BCUT2D eigenvalue weighted by atomic mass is 32.1. The van der Waals surface area contributed by atoms with Crippen LogP contribution in [0.1, 0.15) is 10.4 Å². The molecule has 0 radical (unpaired) electrons. The lowest BCUT2D eigenvalue weighted by Crippen LogP contribution is -2.13. The fraction of sp³-hybridized carbons (Fsp3) is 0.118. The number of nitrogens with zero attached hydrogens (tertiary/aromatic N) is 3. The van der Waals surface area contributed by atoms with Gasteiger partial charge in [0.15, 0.2) is 4.80 Å². The number of rotatable bonds is 2. The first-order valence-electron chi connectivity index (χ1n) is 7.22. The minimum absolute atomic E-state index is 0.258. The van der Waals surface area contributed by atoms with E-state index in [-0.39, 0.29) is 5.91 Å². The molecule has 0 unspecified atom stereocenters. The standard InChI is InChI=1S/C17H13N3O2S2/c1-20-15-12(22-2)4-3-5-13(15)24-17(20)19-16(21)10-6-7-11-14(8-10)23-9-18-11/h3-9H,1-2H3. The van der Waals surface area contributed by atoms with Crippen molar-refractivity contribution >= 4 is 49.0 Å². The van der Waals surface area contributed by atoms with Gasteiger partial charge in [-0.05, 0) is 30.3 Å². The van der Waals surface area contributed by atoms with Crippen molar-refractivity contribution in [1.29, 1.82) is 0 Å². The maximum absolute atomic E-state index is 12.5. The van der Waals surface area contributed by atoms with Gasteiger partial charge in [-0.2, -0.15) is 4.99 Å². The maximum atomic E-state index is 12.5. The van der Waals surface area contributed by atoms with Crippen LogP contribution in [-0.4, -0.2) is 22.6 Å². The number of ether oxygens (including phenoxy) is 1. The van der Waals surface area contributed by atoms with E-state index >= 15 is 0 Å². The molecule has 0 aliphatic carbocycles.